The van der Waals surface area contributed by atoms with E-state index >= 15 is 0 Å². The van der Waals surface area contributed by atoms with Crippen molar-refractivity contribution in [3.05, 3.63) is 70.3 Å². The molecular weight excluding hydrogens is 350 g/mol. The average molecular weight is 380 g/mol. The van der Waals surface area contributed by atoms with E-state index in [0.717, 1.165) is 29.5 Å². The van der Waals surface area contributed by atoms with E-state index in [4.69, 9.17) is 4.74 Å². The van der Waals surface area contributed by atoms with Crippen molar-refractivity contribution < 1.29 is 14.3 Å². The lowest BCUT2D eigenvalue weighted by molar-refractivity contribution is -0.121. The number of benzene rings is 2. The monoisotopic (exact) mass is 379 g/mol. The Morgan fingerprint density at radius 3 is 2.39 bits per heavy atom. The van der Waals surface area contributed by atoms with Crippen LogP contribution < -0.4 is 5.32 Å². The van der Waals surface area contributed by atoms with Crippen molar-refractivity contribution >= 4 is 11.7 Å². The Morgan fingerprint density at radius 2 is 1.64 bits per heavy atom. The third kappa shape index (κ3) is 5.77. The molecule has 0 unspecified atom stereocenters. The first-order chi connectivity index (χ1) is 13.7. The maximum Gasteiger partial charge on any atom is 0.220 e. The molecular formula is C24H29NO3. The number of nitrogens with one attached hydrogen (secondary N) is 1. The van der Waals surface area contributed by atoms with Gasteiger partial charge in [0.05, 0.1) is 6.61 Å². The van der Waals surface area contributed by atoms with Gasteiger partial charge in [0.15, 0.2) is 5.78 Å². The van der Waals surface area contributed by atoms with Gasteiger partial charge < -0.3 is 10.1 Å². The van der Waals surface area contributed by atoms with E-state index in [9.17, 15) is 9.59 Å². The van der Waals surface area contributed by atoms with Crippen LogP contribution in [-0.4, -0.2) is 18.3 Å². The van der Waals surface area contributed by atoms with Crippen molar-refractivity contribution in [2.45, 2.75) is 58.6 Å². The van der Waals surface area contributed by atoms with E-state index in [1.165, 1.54) is 24.0 Å². The second-order valence-corrected chi connectivity index (χ2v) is 7.34. The van der Waals surface area contributed by atoms with Crippen molar-refractivity contribution in [3.8, 4) is 0 Å². The molecule has 2 aromatic carbocycles. The summed E-state index contributed by atoms with van der Waals surface area (Å²) in [6.45, 7) is 3.75. The lowest BCUT2D eigenvalue weighted by Crippen LogP contribution is -2.23. The number of amides is 1. The maximum atomic E-state index is 12.4. The van der Waals surface area contributed by atoms with Crippen molar-refractivity contribution in [1.82, 2.24) is 5.32 Å². The van der Waals surface area contributed by atoms with E-state index in [1.54, 1.807) is 0 Å². The third-order valence-electron chi connectivity index (χ3n) is 5.24. The van der Waals surface area contributed by atoms with Crippen LogP contribution in [0.3, 0.4) is 0 Å². The highest BCUT2D eigenvalue weighted by molar-refractivity contribution is 5.98. The molecule has 3 rings (SSSR count). The molecule has 4 nitrogen and oxygen atoms in total. The molecule has 1 aliphatic carbocycles. The fourth-order valence-corrected chi connectivity index (χ4v) is 3.54. The van der Waals surface area contributed by atoms with Gasteiger partial charge in [-0.25, -0.2) is 0 Å². The molecule has 148 valence electrons. The Morgan fingerprint density at radius 1 is 0.929 bits per heavy atom. The van der Waals surface area contributed by atoms with Crippen LogP contribution in [0.5, 0.6) is 0 Å². The summed E-state index contributed by atoms with van der Waals surface area (Å²) in [6.07, 6.45) is 5.06. The molecule has 1 N–H and O–H groups in total. The molecule has 0 heterocycles. The number of hydrogen-bond donors (Lipinski definition) is 1. The molecule has 4 heteroatoms. The van der Waals surface area contributed by atoms with Crippen LogP contribution in [0.4, 0.5) is 0 Å². The van der Waals surface area contributed by atoms with Crippen LogP contribution in [0.25, 0.3) is 0 Å². The van der Waals surface area contributed by atoms with Crippen molar-refractivity contribution in [1.29, 1.82) is 0 Å². The molecule has 0 saturated heterocycles. The summed E-state index contributed by atoms with van der Waals surface area (Å²) in [5.41, 5.74) is 5.56. The Hall–Kier alpha value is -2.46. The second-order valence-electron chi connectivity index (χ2n) is 7.34. The van der Waals surface area contributed by atoms with Crippen LogP contribution in [0.15, 0.2) is 42.5 Å². The SMILES string of the molecule is CCOCc1ccc(CNC(=O)CCC(=O)c2ccc3c(c2)CCCC3)cc1. The lowest BCUT2D eigenvalue weighted by atomic mass is 9.89. The fraction of sp³-hybridized carbons (Fsp3) is 0.417. The topological polar surface area (TPSA) is 55.4 Å². The van der Waals surface area contributed by atoms with E-state index in [1.807, 2.05) is 43.3 Å². The Kier molecular flexibility index (Phi) is 7.38. The molecule has 0 atom stereocenters. The minimum atomic E-state index is -0.0929. The number of carbonyl (C=O) groups is 2. The summed E-state index contributed by atoms with van der Waals surface area (Å²) in [4.78, 5) is 24.6. The highest BCUT2D eigenvalue weighted by Gasteiger charge is 2.14. The van der Waals surface area contributed by atoms with Gasteiger partial charge in [0.25, 0.3) is 0 Å². The van der Waals surface area contributed by atoms with Crippen LogP contribution in [0.1, 0.15) is 65.2 Å². The molecule has 0 bridgehead atoms. The molecule has 1 aliphatic rings. The van der Waals surface area contributed by atoms with E-state index < -0.39 is 0 Å². The van der Waals surface area contributed by atoms with Crippen LogP contribution in [0, 0.1) is 0 Å². The van der Waals surface area contributed by atoms with Crippen LogP contribution >= 0.6 is 0 Å². The summed E-state index contributed by atoms with van der Waals surface area (Å²) in [7, 11) is 0. The Bertz CT molecular complexity index is 811. The first-order valence-corrected chi connectivity index (χ1v) is 10.2. The first-order valence-electron chi connectivity index (χ1n) is 10.2. The second kappa shape index (κ2) is 10.2. The average Bonchev–Trinajstić information content (AvgIpc) is 2.75. The molecule has 28 heavy (non-hydrogen) atoms. The maximum absolute atomic E-state index is 12.4. The van der Waals surface area contributed by atoms with Gasteiger partial charge in [-0.1, -0.05) is 36.4 Å². The molecule has 1 amide bonds. The summed E-state index contributed by atoms with van der Waals surface area (Å²) < 4.78 is 5.38. The van der Waals surface area contributed by atoms with Crippen LogP contribution in [0.2, 0.25) is 0 Å². The largest absolute Gasteiger partial charge is 0.377 e. The number of hydrogen-bond acceptors (Lipinski definition) is 3. The van der Waals surface area contributed by atoms with Gasteiger partial charge in [-0.05, 0) is 60.9 Å². The van der Waals surface area contributed by atoms with Gasteiger partial charge in [0.1, 0.15) is 0 Å². The zero-order valence-electron chi connectivity index (χ0n) is 16.6. The standard InChI is InChI=1S/C24H29NO3/c1-2-28-17-19-9-7-18(8-10-19)16-25-24(27)14-13-23(26)22-12-11-20-5-3-4-6-21(20)15-22/h7-12,15H,2-6,13-14,16-17H2,1H3,(H,25,27). The Labute approximate surface area is 167 Å². The molecule has 0 aliphatic heterocycles. The normalized spacial score (nSPS) is 13.0. The lowest BCUT2D eigenvalue weighted by Gasteiger charge is -2.16. The van der Waals surface area contributed by atoms with Gasteiger partial charge in [-0.3, -0.25) is 9.59 Å². The van der Waals surface area contributed by atoms with E-state index in [0.29, 0.717) is 19.8 Å². The number of fused-ring (bicyclic) bond motifs is 1. The number of rotatable bonds is 9. The summed E-state index contributed by atoms with van der Waals surface area (Å²) in [5, 5.41) is 2.90. The Balaban J connectivity index is 1.43. The number of carbonyl (C=O) groups excluding carboxylic acids is 2. The zero-order chi connectivity index (χ0) is 19.8. The van der Waals surface area contributed by atoms with Gasteiger partial charge in [0, 0.05) is 31.6 Å². The molecule has 2 aromatic rings. The number of Topliss-reactive ketones (excluding diaryl/α,β-unsaturated/α-hetero) is 1. The molecule has 0 aromatic heterocycles. The fourth-order valence-electron chi connectivity index (χ4n) is 3.54. The minimum Gasteiger partial charge on any atom is -0.377 e. The molecule has 0 spiro atoms. The van der Waals surface area contributed by atoms with Crippen molar-refractivity contribution in [2.24, 2.45) is 0 Å². The molecule has 0 fully saturated rings. The van der Waals surface area contributed by atoms with E-state index in [-0.39, 0.29) is 24.5 Å². The van der Waals surface area contributed by atoms with Crippen LogP contribution in [-0.2, 0) is 35.5 Å². The minimum absolute atomic E-state index is 0.0452. The number of aryl methyl sites for hydroxylation is 2. The number of ether oxygens (including phenoxy) is 1. The van der Waals surface area contributed by atoms with Crippen molar-refractivity contribution in [3.63, 3.8) is 0 Å². The summed E-state index contributed by atoms with van der Waals surface area (Å²) in [6, 6.07) is 14.0. The smallest absolute Gasteiger partial charge is 0.220 e. The highest BCUT2D eigenvalue weighted by atomic mass is 16.5. The van der Waals surface area contributed by atoms with Gasteiger partial charge in [-0.15, -0.1) is 0 Å². The van der Waals surface area contributed by atoms with Crippen molar-refractivity contribution in [2.75, 3.05) is 6.61 Å². The highest BCUT2D eigenvalue weighted by Crippen LogP contribution is 2.23. The summed E-state index contributed by atoms with van der Waals surface area (Å²) in [5.74, 6) is -0.0477. The van der Waals surface area contributed by atoms with Gasteiger partial charge in [-0.2, -0.15) is 0 Å². The predicted octanol–water partition coefficient (Wildman–Crippen LogP) is 4.38. The predicted molar refractivity (Wildman–Crippen MR) is 110 cm³/mol. The van der Waals surface area contributed by atoms with E-state index in [2.05, 4.69) is 11.4 Å². The van der Waals surface area contributed by atoms with Gasteiger partial charge >= 0.3 is 0 Å². The quantitative estimate of drug-likeness (QED) is 0.658. The first kappa shape index (κ1) is 20.3. The van der Waals surface area contributed by atoms with Gasteiger partial charge in [0.2, 0.25) is 5.91 Å². The molecule has 0 radical (unpaired) electrons. The summed E-state index contributed by atoms with van der Waals surface area (Å²) >= 11 is 0. The molecule has 0 saturated carbocycles. The zero-order valence-corrected chi connectivity index (χ0v) is 16.6. The third-order valence-corrected chi connectivity index (χ3v) is 5.24. The number of ketones is 1.